The van der Waals surface area contributed by atoms with Gasteiger partial charge in [-0.05, 0) is 53.8 Å². The van der Waals surface area contributed by atoms with Crippen LogP contribution in [-0.2, 0) is 12.8 Å². The van der Waals surface area contributed by atoms with E-state index in [-0.39, 0.29) is 0 Å². The van der Waals surface area contributed by atoms with Gasteiger partial charge in [0.25, 0.3) is 0 Å². The average molecular weight is 275 g/mol. The lowest BCUT2D eigenvalue weighted by molar-refractivity contribution is 0.475. The summed E-state index contributed by atoms with van der Waals surface area (Å²) in [5.41, 5.74) is 4.59. The third-order valence-electron chi connectivity index (χ3n) is 3.55. The Morgan fingerprint density at radius 2 is 1.67 bits per heavy atom. The van der Waals surface area contributed by atoms with Crippen LogP contribution in [0.2, 0.25) is 0 Å². The van der Waals surface area contributed by atoms with Gasteiger partial charge in [0.1, 0.15) is 5.75 Å². The molecule has 0 radical (unpaired) electrons. The first-order valence-corrected chi connectivity index (χ1v) is 7.10. The summed E-state index contributed by atoms with van der Waals surface area (Å²) in [6.07, 6.45) is 3.68. The summed E-state index contributed by atoms with van der Waals surface area (Å²) < 4.78 is 0. The SMILES string of the molecule is Oc1cccc(-c2ccccc2CCc2ccccn2)c1. The molecule has 2 heteroatoms. The zero-order valence-electron chi connectivity index (χ0n) is 11.7. The van der Waals surface area contributed by atoms with Crippen LogP contribution in [0.25, 0.3) is 11.1 Å². The van der Waals surface area contributed by atoms with Gasteiger partial charge in [-0.15, -0.1) is 0 Å². The molecule has 1 aromatic heterocycles. The van der Waals surface area contributed by atoms with E-state index in [0.717, 1.165) is 24.1 Å². The van der Waals surface area contributed by atoms with Crippen LogP contribution in [0.1, 0.15) is 11.3 Å². The molecule has 0 saturated carbocycles. The first-order valence-electron chi connectivity index (χ1n) is 7.10. The van der Waals surface area contributed by atoms with Gasteiger partial charge in [0.2, 0.25) is 0 Å². The Labute approximate surface area is 124 Å². The minimum Gasteiger partial charge on any atom is -0.508 e. The number of aromatic nitrogens is 1. The highest BCUT2D eigenvalue weighted by Gasteiger charge is 2.06. The molecule has 1 N–H and O–H groups in total. The van der Waals surface area contributed by atoms with Crippen LogP contribution in [-0.4, -0.2) is 10.1 Å². The normalized spacial score (nSPS) is 10.5. The molecule has 0 bridgehead atoms. The van der Waals surface area contributed by atoms with Crippen LogP contribution < -0.4 is 0 Å². The summed E-state index contributed by atoms with van der Waals surface area (Å²) in [6, 6.07) is 21.7. The zero-order chi connectivity index (χ0) is 14.5. The topological polar surface area (TPSA) is 33.1 Å². The van der Waals surface area contributed by atoms with E-state index in [4.69, 9.17) is 0 Å². The molecule has 0 aliphatic rings. The van der Waals surface area contributed by atoms with Crippen molar-refractivity contribution < 1.29 is 5.11 Å². The molecule has 3 rings (SSSR count). The maximum absolute atomic E-state index is 9.66. The van der Waals surface area contributed by atoms with Crippen molar-refractivity contribution in [2.45, 2.75) is 12.8 Å². The minimum absolute atomic E-state index is 0.298. The fraction of sp³-hybridized carbons (Fsp3) is 0.105. The van der Waals surface area contributed by atoms with Crippen molar-refractivity contribution in [2.75, 3.05) is 0 Å². The van der Waals surface area contributed by atoms with Gasteiger partial charge >= 0.3 is 0 Å². The lowest BCUT2D eigenvalue weighted by Crippen LogP contribution is -1.96. The molecule has 2 nitrogen and oxygen atoms in total. The molecule has 104 valence electrons. The average Bonchev–Trinajstić information content (AvgIpc) is 2.54. The van der Waals surface area contributed by atoms with E-state index in [0.29, 0.717) is 5.75 Å². The number of pyridine rings is 1. The number of phenols is 1. The first kappa shape index (κ1) is 13.4. The number of hydrogen-bond acceptors (Lipinski definition) is 2. The molecule has 0 aliphatic heterocycles. The van der Waals surface area contributed by atoms with Crippen molar-refractivity contribution in [3.63, 3.8) is 0 Å². The second-order valence-corrected chi connectivity index (χ2v) is 5.03. The molecule has 0 fully saturated rings. The summed E-state index contributed by atoms with van der Waals surface area (Å²) in [6.45, 7) is 0. The Morgan fingerprint density at radius 1 is 0.810 bits per heavy atom. The van der Waals surface area contributed by atoms with Crippen LogP contribution in [0, 0.1) is 0 Å². The maximum atomic E-state index is 9.66. The second-order valence-electron chi connectivity index (χ2n) is 5.03. The van der Waals surface area contributed by atoms with Crippen molar-refractivity contribution in [1.29, 1.82) is 0 Å². The summed E-state index contributed by atoms with van der Waals surface area (Å²) in [5, 5.41) is 9.66. The summed E-state index contributed by atoms with van der Waals surface area (Å²) >= 11 is 0. The highest BCUT2D eigenvalue weighted by molar-refractivity contribution is 5.68. The molecule has 2 aromatic carbocycles. The van der Waals surface area contributed by atoms with Gasteiger partial charge in [0.05, 0.1) is 0 Å². The summed E-state index contributed by atoms with van der Waals surface area (Å²) in [7, 11) is 0. The number of aromatic hydroxyl groups is 1. The lowest BCUT2D eigenvalue weighted by atomic mass is 9.96. The highest BCUT2D eigenvalue weighted by atomic mass is 16.3. The van der Waals surface area contributed by atoms with E-state index in [9.17, 15) is 5.11 Å². The molecule has 3 aromatic rings. The number of hydrogen-bond donors (Lipinski definition) is 1. The van der Waals surface area contributed by atoms with E-state index < -0.39 is 0 Å². The number of nitrogens with zero attached hydrogens (tertiary/aromatic N) is 1. The Balaban J connectivity index is 1.86. The van der Waals surface area contributed by atoms with Crippen molar-refractivity contribution in [3.8, 4) is 16.9 Å². The molecular formula is C19H17NO. The van der Waals surface area contributed by atoms with E-state index in [1.165, 1.54) is 11.1 Å². The molecule has 1 heterocycles. The van der Waals surface area contributed by atoms with E-state index in [1.54, 1.807) is 12.1 Å². The minimum atomic E-state index is 0.298. The molecule has 0 atom stereocenters. The van der Waals surface area contributed by atoms with Gasteiger partial charge in [-0.3, -0.25) is 4.98 Å². The smallest absolute Gasteiger partial charge is 0.116 e. The van der Waals surface area contributed by atoms with Gasteiger partial charge in [-0.2, -0.15) is 0 Å². The van der Waals surface area contributed by atoms with E-state index >= 15 is 0 Å². The molecule has 0 unspecified atom stereocenters. The third-order valence-corrected chi connectivity index (χ3v) is 3.55. The van der Waals surface area contributed by atoms with Gasteiger partial charge in [-0.1, -0.05) is 42.5 Å². The van der Waals surface area contributed by atoms with Crippen molar-refractivity contribution in [3.05, 3.63) is 84.2 Å². The van der Waals surface area contributed by atoms with Gasteiger partial charge in [0.15, 0.2) is 0 Å². The van der Waals surface area contributed by atoms with Crippen molar-refractivity contribution in [2.24, 2.45) is 0 Å². The third kappa shape index (κ3) is 3.29. The molecule has 0 aliphatic carbocycles. The monoisotopic (exact) mass is 275 g/mol. The predicted octanol–water partition coefficient (Wildman–Crippen LogP) is 4.24. The zero-order valence-corrected chi connectivity index (χ0v) is 11.7. The van der Waals surface area contributed by atoms with Crippen molar-refractivity contribution >= 4 is 0 Å². The molecule has 0 amide bonds. The molecular weight excluding hydrogens is 258 g/mol. The van der Waals surface area contributed by atoms with Crippen LogP contribution >= 0.6 is 0 Å². The quantitative estimate of drug-likeness (QED) is 0.772. The van der Waals surface area contributed by atoms with Gasteiger partial charge in [0, 0.05) is 11.9 Å². The van der Waals surface area contributed by atoms with E-state index in [1.807, 2.05) is 36.5 Å². The Kier molecular flexibility index (Phi) is 3.97. The molecule has 0 spiro atoms. The Morgan fingerprint density at radius 3 is 2.48 bits per heavy atom. The fourth-order valence-corrected chi connectivity index (χ4v) is 2.50. The Hall–Kier alpha value is -2.61. The molecule has 0 saturated heterocycles. The number of aryl methyl sites for hydroxylation is 2. The molecule has 21 heavy (non-hydrogen) atoms. The van der Waals surface area contributed by atoms with Crippen LogP contribution in [0.3, 0.4) is 0 Å². The fourth-order valence-electron chi connectivity index (χ4n) is 2.50. The summed E-state index contributed by atoms with van der Waals surface area (Å²) in [5.74, 6) is 0.298. The number of rotatable bonds is 4. The standard InChI is InChI=1S/C19H17NO/c21-18-9-5-7-16(14-18)19-10-2-1-6-15(19)11-12-17-8-3-4-13-20-17/h1-10,13-14,21H,11-12H2. The first-order chi connectivity index (χ1) is 10.3. The van der Waals surface area contributed by atoms with E-state index in [2.05, 4.69) is 29.2 Å². The van der Waals surface area contributed by atoms with Crippen LogP contribution in [0.4, 0.5) is 0 Å². The highest BCUT2D eigenvalue weighted by Crippen LogP contribution is 2.27. The predicted molar refractivity (Wildman–Crippen MR) is 85.2 cm³/mol. The van der Waals surface area contributed by atoms with Gasteiger partial charge in [-0.25, -0.2) is 0 Å². The second kappa shape index (κ2) is 6.23. The van der Waals surface area contributed by atoms with Crippen molar-refractivity contribution in [1.82, 2.24) is 4.98 Å². The summed E-state index contributed by atoms with van der Waals surface area (Å²) in [4.78, 5) is 4.37. The van der Waals surface area contributed by atoms with Gasteiger partial charge < -0.3 is 5.11 Å². The lowest BCUT2D eigenvalue weighted by Gasteiger charge is -2.10. The maximum Gasteiger partial charge on any atom is 0.116 e. The van der Waals surface area contributed by atoms with Crippen LogP contribution in [0.15, 0.2) is 72.9 Å². The Bertz CT molecular complexity index is 722. The number of benzene rings is 2. The number of phenolic OH excluding ortho intramolecular Hbond substituents is 1. The largest absolute Gasteiger partial charge is 0.508 e. The van der Waals surface area contributed by atoms with Crippen LogP contribution in [0.5, 0.6) is 5.75 Å².